The average Bonchev–Trinajstić information content (AvgIpc) is 3.34. The highest BCUT2D eigenvalue weighted by atomic mass is 32.1. The SMILES string of the molecule is Cc1noc(COCC(=O)N(c2ccc(C(C)C)cc2)c2nc3ccccc3s2)n1. The topological polar surface area (TPSA) is 81.4 Å². The van der Waals surface area contributed by atoms with Gasteiger partial charge in [-0.25, -0.2) is 4.98 Å². The molecule has 4 aromatic rings. The Kier molecular flexibility index (Phi) is 5.87. The number of nitrogens with zero attached hydrogens (tertiary/aromatic N) is 4. The van der Waals surface area contributed by atoms with E-state index < -0.39 is 0 Å². The Morgan fingerprint density at radius 1 is 1.13 bits per heavy atom. The smallest absolute Gasteiger partial charge is 0.259 e. The number of carbonyl (C=O) groups is 1. The van der Waals surface area contributed by atoms with Gasteiger partial charge in [-0.05, 0) is 42.7 Å². The van der Waals surface area contributed by atoms with Crippen LogP contribution in [0.1, 0.15) is 37.0 Å². The summed E-state index contributed by atoms with van der Waals surface area (Å²) in [7, 11) is 0. The fourth-order valence-corrected chi connectivity index (χ4v) is 4.02. The number of fused-ring (bicyclic) bond motifs is 1. The Morgan fingerprint density at radius 2 is 1.90 bits per heavy atom. The number of para-hydroxylation sites is 1. The number of aromatic nitrogens is 3. The molecular weight excluding hydrogens is 400 g/mol. The molecule has 2 aromatic carbocycles. The fourth-order valence-electron chi connectivity index (χ4n) is 3.01. The van der Waals surface area contributed by atoms with E-state index in [-0.39, 0.29) is 19.1 Å². The van der Waals surface area contributed by atoms with Gasteiger partial charge in [-0.15, -0.1) is 0 Å². The summed E-state index contributed by atoms with van der Waals surface area (Å²) >= 11 is 1.47. The number of rotatable bonds is 7. The van der Waals surface area contributed by atoms with E-state index in [2.05, 4.69) is 29.0 Å². The first-order valence-electron chi connectivity index (χ1n) is 9.66. The van der Waals surface area contributed by atoms with Crippen LogP contribution in [-0.2, 0) is 16.1 Å². The predicted octanol–water partition coefficient (Wildman–Crippen LogP) is 4.99. The lowest BCUT2D eigenvalue weighted by Gasteiger charge is -2.20. The first-order chi connectivity index (χ1) is 14.5. The van der Waals surface area contributed by atoms with Crippen LogP contribution in [0.4, 0.5) is 10.8 Å². The van der Waals surface area contributed by atoms with Crippen molar-refractivity contribution in [1.82, 2.24) is 15.1 Å². The van der Waals surface area contributed by atoms with Crippen molar-refractivity contribution >= 4 is 38.3 Å². The van der Waals surface area contributed by atoms with E-state index >= 15 is 0 Å². The molecule has 0 saturated heterocycles. The van der Waals surface area contributed by atoms with Gasteiger partial charge >= 0.3 is 0 Å². The summed E-state index contributed by atoms with van der Waals surface area (Å²) in [5.41, 5.74) is 2.82. The number of benzene rings is 2. The molecular formula is C22H22N4O3S. The average molecular weight is 423 g/mol. The van der Waals surface area contributed by atoms with E-state index in [0.717, 1.165) is 15.9 Å². The lowest BCUT2D eigenvalue weighted by Crippen LogP contribution is -2.29. The van der Waals surface area contributed by atoms with Crippen LogP contribution in [0.2, 0.25) is 0 Å². The Morgan fingerprint density at radius 3 is 2.57 bits per heavy atom. The zero-order chi connectivity index (χ0) is 21.1. The van der Waals surface area contributed by atoms with Crippen LogP contribution in [0, 0.1) is 6.92 Å². The molecule has 0 aliphatic carbocycles. The molecule has 0 spiro atoms. The van der Waals surface area contributed by atoms with Crippen molar-refractivity contribution in [2.24, 2.45) is 0 Å². The maximum absolute atomic E-state index is 13.1. The van der Waals surface area contributed by atoms with Crippen molar-refractivity contribution in [2.45, 2.75) is 33.3 Å². The molecule has 4 rings (SSSR count). The zero-order valence-electron chi connectivity index (χ0n) is 17.0. The number of anilines is 2. The summed E-state index contributed by atoms with van der Waals surface area (Å²) in [6.45, 7) is 5.95. The number of hydrogen-bond donors (Lipinski definition) is 0. The maximum atomic E-state index is 13.1. The largest absolute Gasteiger partial charge is 0.362 e. The normalized spacial score (nSPS) is 11.3. The van der Waals surface area contributed by atoms with Crippen LogP contribution < -0.4 is 4.90 Å². The van der Waals surface area contributed by atoms with Crippen molar-refractivity contribution in [3.63, 3.8) is 0 Å². The molecule has 0 unspecified atom stereocenters. The van der Waals surface area contributed by atoms with Gasteiger partial charge in [-0.3, -0.25) is 9.69 Å². The first kappa shape index (κ1) is 20.2. The Hall–Kier alpha value is -3.10. The lowest BCUT2D eigenvalue weighted by molar-refractivity contribution is -0.123. The van der Waals surface area contributed by atoms with Gasteiger partial charge in [0.2, 0.25) is 0 Å². The van der Waals surface area contributed by atoms with E-state index in [1.807, 2.05) is 48.5 Å². The van der Waals surface area contributed by atoms with Gasteiger partial charge in [0.1, 0.15) is 13.2 Å². The van der Waals surface area contributed by atoms with Crippen molar-refractivity contribution in [3.05, 3.63) is 65.8 Å². The number of aryl methyl sites for hydroxylation is 1. The summed E-state index contributed by atoms with van der Waals surface area (Å²) in [4.78, 5) is 23.5. The second-order valence-corrected chi connectivity index (χ2v) is 8.18. The highest BCUT2D eigenvalue weighted by Crippen LogP contribution is 2.34. The molecule has 1 amide bonds. The monoisotopic (exact) mass is 422 g/mol. The Bertz CT molecular complexity index is 1120. The van der Waals surface area contributed by atoms with Gasteiger partial charge in [0.25, 0.3) is 11.8 Å². The van der Waals surface area contributed by atoms with E-state index in [1.54, 1.807) is 11.8 Å². The number of amides is 1. The third-order valence-electron chi connectivity index (χ3n) is 4.56. The fraction of sp³-hybridized carbons (Fsp3) is 0.273. The molecule has 0 bridgehead atoms. The van der Waals surface area contributed by atoms with Crippen LogP contribution in [-0.4, -0.2) is 27.6 Å². The Labute approximate surface area is 178 Å². The number of hydrogen-bond acceptors (Lipinski definition) is 7. The molecule has 0 saturated carbocycles. The molecule has 154 valence electrons. The van der Waals surface area contributed by atoms with Gasteiger partial charge in [0.15, 0.2) is 11.0 Å². The highest BCUT2D eigenvalue weighted by Gasteiger charge is 2.22. The lowest BCUT2D eigenvalue weighted by atomic mass is 10.0. The molecule has 2 heterocycles. The van der Waals surface area contributed by atoms with Crippen molar-refractivity contribution < 1.29 is 14.1 Å². The van der Waals surface area contributed by atoms with Crippen molar-refractivity contribution in [3.8, 4) is 0 Å². The minimum atomic E-state index is -0.220. The summed E-state index contributed by atoms with van der Waals surface area (Å²) in [5, 5.41) is 4.33. The van der Waals surface area contributed by atoms with Crippen LogP contribution in [0.15, 0.2) is 53.1 Å². The summed E-state index contributed by atoms with van der Waals surface area (Å²) in [6, 6.07) is 15.8. The van der Waals surface area contributed by atoms with Crippen molar-refractivity contribution in [2.75, 3.05) is 11.5 Å². The summed E-state index contributed by atoms with van der Waals surface area (Å²) < 4.78 is 11.6. The molecule has 0 aliphatic rings. The van der Waals surface area contributed by atoms with E-state index in [4.69, 9.17) is 9.26 Å². The third kappa shape index (κ3) is 4.39. The number of carbonyl (C=O) groups excluding carboxylic acids is 1. The van der Waals surface area contributed by atoms with Crippen LogP contribution in [0.25, 0.3) is 10.2 Å². The molecule has 7 nitrogen and oxygen atoms in total. The van der Waals surface area contributed by atoms with Crippen LogP contribution in [0.3, 0.4) is 0 Å². The van der Waals surface area contributed by atoms with Gasteiger partial charge in [-0.2, -0.15) is 4.98 Å². The van der Waals surface area contributed by atoms with Gasteiger partial charge in [0.05, 0.1) is 15.9 Å². The van der Waals surface area contributed by atoms with Gasteiger partial charge in [-0.1, -0.05) is 54.6 Å². The third-order valence-corrected chi connectivity index (χ3v) is 5.58. The van der Waals surface area contributed by atoms with Crippen molar-refractivity contribution in [1.29, 1.82) is 0 Å². The quantitative estimate of drug-likeness (QED) is 0.417. The zero-order valence-corrected chi connectivity index (χ0v) is 17.8. The second-order valence-electron chi connectivity index (χ2n) is 7.17. The van der Waals surface area contributed by atoms with Crippen LogP contribution >= 0.6 is 11.3 Å². The molecule has 0 radical (unpaired) electrons. The molecule has 0 fully saturated rings. The van der Waals surface area contributed by atoms with Gasteiger partial charge < -0.3 is 9.26 Å². The molecule has 0 N–H and O–H groups in total. The summed E-state index contributed by atoms with van der Waals surface area (Å²) in [6.07, 6.45) is 0. The van der Waals surface area contributed by atoms with E-state index in [9.17, 15) is 4.79 Å². The number of ether oxygens (including phenoxy) is 1. The highest BCUT2D eigenvalue weighted by molar-refractivity contribution is 7.22. The second kappa shape index (κ2) is 8.73. The minimum Gasteiger partial charge on any atom is -0.362 e. The minimum absolute atomic E-state index is 0.0759. The van der Waals surface area contributed by atoms with Gasteiger partial charge in [0, 0.05) is 0 Å². The molecule has 0 atom stereocenters. The number of thiazole rings is 1. The van der Waals surface area contributed by atoms with Crippen LogP contribution in [0.5, 0.6) is 0 Å². The Balaban J connectivity index is 1.59. The molecule has 0 aliphatic heterocycles. The summed E-state index contributed by atoms with van der Waals surface area (Å²) in [5.74, 6) is 1.06. The first-order valence-corrected chi connectivity index (χ1v) is 10.5. The molecule has 8 heteroatoms. The molecule has 30 heavy (non-hydrogen) atoms. The maximum Gasteiger partial charge on any atom is 0.259 e. The molecule has 2 aromatic heterocycles. The standard InChI is InChI=1S/C22H22N4O3S/c1-14(2)16-8-10-17(11-9-16)26(22-24-18-6-4-5-7-19(18)30-22)21(27)13-28-12-20-23-15(3)25-29-20/h4-11,14H,12-13H2,1-3H3. The van der Waals surface area contributed by atoms with E-state index in [0.29, 0.717) is 22.8 Å². The predicted molar refractivity (Wildman–Crippen MR) is 116 cm³/mol. The van der Waals surface area contributed by atoms with E-state index in [1.165, 1.54) is 16.9 Å².